The van der Waals surface area contributed by atoms with Gasteiger partial charge in [0.1, 0.15) is 5.82 Å². The number of nitrogens with zero attached hydrogens (tertiary/aromatic N) is 3. The van der Waals surface area contributed by atoms with Crippen LogP contribution in [-0.4, -0.2) is 66.4 Å². The standard InChI is InChI=1S/C24H30FN3O/c25-23-8-4-7-22(17-23)24(29)28-11-9-21(10-12-28)19-27-15-13-26(14-16-27)18-20-5-2-1-3-6-20/h1-8,17,21H,9-16,18-19H2. The number of piperidine rings is 1. The molecule has 0 bridgehead atoms. The third-order valence-electron chi connectivity index (χ3n) is 6.20. The number of carbonyl (C=O) groups is 1. The minimum Gasteiger partial charge on any atom is -0.339 e. The molecule has 1 amide bonds. The molecule has 29 heavy (non-hydrogen) atoms. The van der Waals surface area contributed by atoms with Crippen LogP contribution in [0.15, 0.2) is 54.6 Å². The Bertz CT molecular complexity index is 797. The number of piperazine rings is 1. The highest BCUT2D eigenvalue weighted by molar-refractivity contribution is 5.94. The van der Waals surface area contributed by atoms with Crippen molar-refractivity contribution in [2.75, 3.05) is 45.8 Å². The second kappa shape index (κ2) is 9.51. The van der Waals surface area contributed by atoms with E-state index in [1.54, 1.807) is 12.1 Å². The van der Waals surface area contributed by atoms with Crippen LogP contribution in [0.3, 0.4) is 0 Å². The number of halogens is 1. The molecule has 2 aromatic carbocycles. The molecule has 2 heterocycles. The summed E-state index contributed by atoms with van der Waals surface area (Å²) in [6.07, 6.45) is 2.07. The van der Waals surface area contributed by atoms with Crippen LogP contribution in [0.2, 0.25) is 0 Å². The maximum absolute atomic E-state index is 13.4. The van der Waals surface area contributed by atoms with Gasteiger partial charge in [0.2, 0.25) is 0 Å². The number of hydrogen-bond acceptors (Lipinski definition) is 3. The zero-order chi connectivity index (χ0) is 20.1. The summed E-state index contributed by atoms with van der Waals surface area (Å²) in [5, 5.41) is 0. The van der Waals surface area contributed by atoms with Crippen molar-refractivity contribution in [1.82, 2.24) is 14.7 Å². The molecule has 2 saturated heterocycles. The van der Waals surface area contributed by atoms with E-state index in [2.05, 4.69) is 40.1 Å². The predicted octanol–water partition coefficient (Wildman–Crippen LogP) is 3.50. The van der Waals surface area contributed by atoms with E-state index in [0.717, 1.165) is 65.2 Å². The first kappa shape index (κ1) is 20.0. The molecule has 0 unspecified atom stereocenters. The number of benzene rings is 2. The molecule has 2 aliphatic rings. The molecule has 2 aliphatic heterocycles. The molecule has 2 aromatic rings. The molecule has 0 aromatic heterocycles. The van der Waals surface area contributed by atoms with Gasteiger partial charge in [0, 0.05) is 57.9 Å². The maximum Gasteiger partial charge on any atom is 0.253 e. The molecule has 0 N–H and O–H groups in total. The lowest BCUT2D eigenvalue weighted by molar-refractivity contribution is 0.0628. The average Bonchev–Trinajstić information content (AvgIpc) is 2.76. The van der Waals surface area contributed by atoms with Crippen LogP contribution in [0.4, 0.5) is 4.39 Å². The van der Waals surface area contributed by atoms with Gasteiger partial charge >= 0.3 is 0 Å². The second-order valence-corrected chi connectivity index (χ2v) is 8.31. The highest BCUT2D eigenvalue weighted by Crippen LogP contribution is 2.21. The lowest BCUT2D eigenvalue weighted by Crippen LogP contribution is -2.48. The van der Waals surface area contributed by atoms with Gasteiger partial charge in [-0.2, -0.15) is 0 Å². The summed E-state index contributed by atoms with van der Waals surface area (Å²) in [5.74, 6) is 0.252. The van der Waals surface area contributed by atoms with Crippen LogP contribution < -0.4 is 0 Å². The van der Waals surface area contributed by atoms with Gasteiger partial charge in [-0.25, -0.2) is 4.39 Å². The van der Waals surface area contributed by atoms with Crippen LogP contribution in [0.1, 0.15) is 28.8 Å². The van der Waals surface area contributed by atoms with E-state index >= 15 is 0 Å². The summed E-state index contributed by atoms with van der Waals surface area (Å²) >= 11 is 0. The zero-order valence-electron chi connectivity index (χ0n) is 17.0. The molecule has 2 fully saturated rings. The maximum atomic E-state index is 13.4. The SMILES string of the molecule is O=C(c1cccc(F)c1)N1CCC(CN2CCN(Cc3ccccc3)CC2)CC1. The predicted molar refractivity (Wildman–Crippen MR) is 113 cm³/mol. The Morgan fingerprint density at radius 2 is 1.55 bits per heavy atom. The number of rotatable bonds is 5. The normalized spacial score (nSPS) is 19.4. The van der Waals surface area contributed by atoms with Crippen LogP contribution in [0.25, 0.3) is 0 Å². The first-order valence-corrected chi connectivity index (χ1v) is 10.7. The van der Waals surface area contributed by atoms with E-state index in [0.29, 0.717) is 11.5 Å². The molecule has 154 valence electrons. The van der Waals surface area contributed by atoms with Crippen LogP contribution in [-0.2, 0) is 6.54 Å². The van der Waals surface area contributed by atoms with Crippen LogP contribution in [0.5, 0.6) is 0 Å². The van der Waals surface area contributed by atoms with Gasteiger partial charge in [0.15, 0.2) is 0 Å². The van der Waals surface area contributed by atoms with Crippen molar-refractivity contribution in [2.45, 2.75) is 19.4 Å². The molecule has 4 rings (SSSR count). The smallest absolute Gasteiger partial charge is 0.253 e. The molecule has 0 radical (unpaired) electrons. The Kier molecular flexibility index (Phi) is 6.57. The third kappa shape index (κ3) is 5.43. The minimum absolute atomic E-state index is 0.0440. The van der Waals surface area contributed by atoms with Crippen LogP contribution in [0, 0.1) is 11.7 Å². The summed E-state index contributed by atoms with van der Waals surface area (Å²) in [5.41, 5.74) is 1.84. The Hall–Kier alpha value is -2.24. The Morgan fingerprint density at radius 1 is 0.862 bits per heavy atom. The van der Waals surface area contributed by atoms with E-state index in [1.807, 2.05) is 4.90 Å². The molecule has 0 atom stereocenters. The second-order valence-electron chi connectivity index (χ2n) is 8.31. The van der Waals surface area contributed by atoms with Gasteiger partial charge in [-0.1, -0.05) is 36.4 Å². The molecule has 0 saturated carbocycles. The monoisotopic (exact) mass is 395 g/mol. The van der Waals surface area contributed by atoms with E-state index in [-0.39, 0.29) is 11.7 Å². The average molecular weight is 396 g/mol. The Labute approximate surface area is 172 Å². The number of carbonyl (C=O) groups excluding carboxylic acids is 1. The largest absolute Gasteiger partial charge is 0.339 e. The van der Waals surface area contributed by atoms with E-state index < -0.39 is 0 Å². The van der Waals surface area contributed by atoms with Crippen molar-refractivity contribution in [1.29, 1.82) is 0 Å². The van der Waals surface area contributed by atoms with Crippen molar-refractivity contribution in [3.63, 3.8) is 0 Å². The van der Waals surface area contributed by atoms with Gasteiger partial charge in [-0.3, -0.25) is 9.69 Å². The lowest BCUT2D eigenvalue weighted by atomic mass is 9.95. The van der Waals surface area contributed by atoms with Crippen molar-refractivity contribution < 1.29 is 9.18 Å². The zero-order valence-corrected chi connectivity index (χ0v) is 17.0. The summed E-state index contributed by atoms with van der Waals surface area (Å²) in [4.78, 5) is 19.6. The van der Waals surface area contributed by atoms with Crippen molar-refractivity contribution in [3.05, 3.63) is 71.5 Å². The van der Waals surface area contributed by atoms with Gasteiger partial charge < -0.3 is 9.80 Å². The minimum atomic E-state index is -0.350. The Balaban J connectivity index is 1.19. The van der Waals surface area contributed by atoms with Gasteiger partial charge in [-0.05, 0) is 42.5 Å². The number of likely N-dealkylation sites (tertiary alicyclic amines) is 1. The van der Waals surface area contributed by atoms with Crippen LogP contribution >= 0.6 is 0 Å². The fourth-order valence-corrected chi connectivity index (χ4v) is 4.46. The molecule has 4 nitrogen and oxygen atoms in total. The topological polar surface area (TPSA) is 26.8 Å². The van der Waals surface area contributed by atoms with Gasteiger partial charge in [0.05, 0.1) is 0 Å². The molecular formula is C24H30FN3O. The summed E-state index contributed by atoms with van der Waals surface area (Å²) in [7, 11) is 0. The highest BCUT2D eigenvalue weighted by atomic mass is 19.1. The van der Waals surface area contributed by atoms with E-state index in [9.17, 15) is 9.18 Å². The number of amides is 1. The highest BCUT2D eigenvalue weighted by Gasteiger charge is 2.26. The molecule has 0 spiro atoms. The van der Waals surface area contributed by atoms with Gasteiger partial charge in [0.25, 0.3) is 5.91 Å². The van der Waals surface area contributed by atoms with Crippen molar-refractivity contribution in [3.8, 4) is 0 Å². The lowest BCUT2D eigenvalue weighted by Gasteiger charge is -2.39. The number of hydrogen-bond donors (Lipinski definition) is 0. The summed E-state index contributed by atoms with van der Waals surface area (Å²) in [6, 6.07) is 16.7. The summed E-state index contributed by atoms with van der Waals surface area (Å²) in [6.45, 7) is 8.18. The third-order valence-corrected chi connectivity index (χ3v) is 6.20. The van der Waals surface area contributed by atoms with Crippen molar-refractivity contribution >= 4 is 5.91 Å². The Morgan fingerprint density at radius 3 is 2.24 bits per heavy atom. The molecule has 5 heteroatoms. The first-order valence-electron chi connectivity index (χ1n) is 10.7. The van der Waals surface area contributed by atoms with E-state index in [1.165, 1.54) is 17.7 Å². The fraction of sp³-hybridized carbons (Fsp3) is 0.458. The molecular weight excluding hydrogens is 365 g/mol. The fourth-order valence-electron chi connectivity index (χ4n) is 4.46. The quantitative estimate of drug-likeness (QED) is 0.775. The molecule has 0 aliphatic carbocycles. The van der Waals surface area contributed by atoms with Crippen molar-refractivity contribution in [2.24, 2.45) is 5.92 Å². The van der Waals surface area contributed by atoms with Gasteiger partial charge in [-0.15, -0.1) is 0 Å². The first-order chi connectivity index (χ1) is 14.2. The summed E-state index contributed by atoms with van der Waals surface area (Å²) < 4.78 is 13.4. The van der Waals surface area contributed by atoms with E-state index in [4.69, 9.17) is 0 Å².